The molecule has 0 amide bonds. The Kier molecular flexibility index (Phi) is 2.09. The molecule has 0 radical (unpaired) electrons. The predicted molar refractivity (Wildman–Crippen MR) is 45.9 cm³/mol. The van der Waals surface area contributed by atoms with E-state index in [0.717, 1.165) is 5.69 Å². The van der Waals surface area contributed by atoms with E-state index in [1.165, 1.54) is 18.6 Å². The summed E-state index contributed by atoms with van der Waals surface area (Å²) in [4.78, 5) is 4.07. The summed E-state index contributed by atoms with van der Waals surface area (Å²) in [5, 5.41) is 0.777. The van der Waals surface area contributed by atoms with E-state index in [-0.39, 0.29) is 5.35 Å². The molecular weight excluding hydrogens is 182 g/mol. The van der Waals surface area contributed by atoms with Crippen LogP contribution >= 0.6 is 23.4 Å². The molecule has 0 N–H and O–H groups in total. The Morgan fingerprint density at radius 1 is 1.73 bits per heavy atom. The van der Waals surface area contributed by atoms with E-state index < -0.39 is 0 Å². The minimum absolute atomic E-state index is 0.257. The third-order valence-electron chi connectivity index (χ3n) is 1.75. The van der Waals surface area contributed by atoms with Crippen LogP contribution < -0.4 is 0 Å². The molecule has 2 nitrogen and oxygen atoms in total. The third kappa shape index (κ3) is 1.54. The summed E-state index contributed by atoms with van der Waals surface area (Å²) < 4.78 is 4.92. The Morgan fingerprint density at radius 2 is 2.64 bits per heavy atom. The van der Waals surface area contributed by atoms with Crippen LogP contribution in [0.5, 0.6) is 0 Å². The highest BCUT2D eigenvalue weighted by Crippen LogP contribution is 2.39. The molecule has 2 heterocycles. The van der Waals surface area contributed by atoms with E-state index in [1.807, 2.05) is 11.8 Å². The maximum Gasteiger partial charge on any atom is 0.292 e. The highest BCUT2D eigenvalue weighted by atomic mass is 35.5. The van der Waals surface area contributed by atoms with Gasteiger partial charge in [0.25, 0.3) is 5.35 Å². The molecule has 1 aromatic rings. The summed E-state index contributed by atoms with van der Waals surface area (Å²) >= 11 is 7.48. The smallest absolute Gasteiger partial charge is 0.292 e. The van der Waals surface area contributed by atoms with Gasteiger partial charge >= 0.3 is 0 Å². The topological polar surface area (TPSA) is 26.0 Å². The van der Waals surface area contributed by atoms with Gasteiger partial charge in [0.1, 0.15) is 6.26 Å². The molecule has 1 atom stereocenters. The third-order valence-corrected chi connectivity index (χ3v) is 3.33. The fourth-order valence-electron chi connectivity index (χ4n) is 1.22. The molecule has 0 bridgehead atoms. The van der Waals surface area contributed by atoms with Crippen LogP contribution in [-0.4, -0.2) is 10.7 Å². The van der Waals surface area contributed by atoms with Gasteiger partial charge in [0, 0.05) is 0 Å². The lowest BCUT2D eigenvalue weighted by Crippen LogP contribution is -1.86. The molecule has 11 heavy (non-hydrogen) atoms. The Hall–Kier alpha value is -0.150. The van der Waals surface area contributed by atoms with Crippen LogP contribution in [-0.2, 0) is 0 Å². The molecule has 2 rings (SSSR count). The van der Waals surface area contributed by atoms with Crippen LogP contribution in [0.25, 0.3) is 0 Å². The van der Waals surface area contributed by atoms with Crippen LogP contribution in [0, 0.1) is 0 Å². The first-order chi connectivity index (χ1) is 5.36. The van der Waals surface area contributed by atoms with Crippen molar-refractivity contribution >= 4 is 23.4 Å². The SMILES string of the molecule is Clc1nc(C2CCCS2)co1. The Balaban J connectivity index is 2.15. The van der Waals surface area contributed by atoms with Crippen molar-refractivity contribution in [3.63, 3.8) is 0 Å². The lowest BCUT2D eigenvalue weighted by atomic mass is 10.2. The second-order valence-electron chi connectivity index (χ2n) is 2.53. The first-order valence-corrected chi connectivity index (χ1v) is 5.01. The number of hydrogen-bond donors (Lipinski definition) is 0. The number of thioether (sulfide) groups is 1. The molecule has 0 aromatic carbocycles. The van der Waals surface area contributed by atoms with E-state index in [2.05, 4.69) is 4.98 Å². The maximum atomic E-state index is 5.55. The molecule has 1 aliphatic heterocycles. The van der Waals surface area contributed by atoms with Crippen molar-refractivity contribution < 1.29 is 4.42 Å². The number of hydrogen-bond acceptors (Lipinski definition) is 3. The van der Waals surface area contributed by atoms with Gasteiger partial charge in [-0.25, -0.2) is 4.98 Å². The number of oxazole rings is 1. The van der Waals surface area contributed by atoms with Crippen LogP contribution in [0.4, 0.5) is 0 Å². The van der Waals surface area contributed by atoms with E-state index in [0.29, 0.717) is 5.25 Å². The largest absolute Gasteiger partial charge is 0.436 e. The van der Waals surface area contributed by atoms with Gasteiger partial charge in [-0.05, 0) is 30.2 Å². The van der Waals surface area contributed by atoms with E-state index in [4.69, 9.17) is 16.0 Å². The lowest BCUT2D eigenvalue weighted by molar-refractivity contribution is 0.558. The second-order valence-corrected chi connectivity index (χ2v) is 4.16. The molecule has 0 spiro atoms. The van der Waals surface area contributed by atoms with Crippen LogP contribution in [0.3, 0.4) is 0 Å². The van der Waals surface area contributed by atoms with Gasteiger partial charge in [0.05, 0.1) is 10.9 Å². The Bertz CT molecular complexity index is 244. The quantitative estimate of drug-likeness (QED) is 0.680. The fourth-order valence-corrected chi connectivity index (χ4v) is 2.59. The summed E-state index contributed by atoms with van der Waals surface area (Å²) in [6.07, 6.45) is 4.14. The number of halogens is 1. The fraction of sp³-hybridized carbons (Fsp3) is 0.571. The summed E-state index contributed by atoms with van der Waals surface area (Å²) in [7, 11) is 0. The minimum atomic E-state index is 0.257. The highest BCUT2D eigenvalue weighted by Gasteiger charge is 2.20. The summed E-state index contributed by atoms with van der Waals surface area (Å²) in [6, 6.07) is 0. The van der Waals surface area contributed by atoms with Gasteiger partial charge in [-0.2, -0.15) is 11.8 Å². The number of rotatable bonds is 1. The van der Waals surface area contributed by atoms with Crippen LogP contribution in [0.2, 0.25) is 5.35 Å². The second kappa shape index (κ2) is 3.07. The molecule has 4 heteroatoms. The van der Waals surface area contributed by atoms with Gasteiger partial charge in [0.2, 0.25) is 0 Å². The van der Waals surface area contributed by atoms with Gasteiger partial charge < -0.3 is 4.42 Å². The van der Waals surface area contributed by atoms with Crippen molar-refractivity contribution in [3.05, 3.63) is 17.3 Å². The lowest BCUT2D eigenvalue weighted by Gasteiger charge is -2.00. The first kappa shape index (κ1) is 7.50. The average molecular weight is 190 g/mol. The average Bonchev–Trinajstić information content (AvgIpc) is 2.55. The summed E-state index contributed by atoms with van der Waals surface area (Å²) in [6.45, 7) is 0. The molecule has 0 saturated carbocycles. The van der Waals surface area contributed by atoms with Gasteiger partial charge in [-0.15, -0.1) is 0 Å². The summed E-state index contributed by atoms with van der Waals surface area (Å²) in [5.41, 5.74) is 0.998. The summed E-state index contributed by atoms with van der Waals surface area (Å²) in [5.74, 6) is 1.23. The van der Waals surface area contributed by atoms with E-state index in [1.54, 1.807) is 6.26 Å². The molecule has 60 valence electrons. The van der Waals surface area contributed by atoms with Gasteiger partial charge in [-0.1, -0.05) is 0 Å². The Morgan fingerprint density at radius 3 is 3.18 bits per heavy atom. The highest BCUT2D eigenvalue weighted by molar-refractivity contribution is 7.99. The van der Waals surface area contributed by atoms with Crippen molar-refractivity contribution in [2.45, 2.75) is 18.1 Å². The zero-order chi connectivity index (χ0) is 7.68. The van der Waals surface area contributed by atoms with Crippen molar-refractivity contribution in [1.82, 2.24) is 4.98 Å². The monoisotopic (exact) mass is 189 g/mol. The minimum Gasteiger partial charge on any atom is -0.436 e. The Labute approximate surface area is 74.3 Å². The van der Waals surface area contributed by atoms with Gasteiger partial charge in [0.15, 0.2) is 0 Å². The maximum absolute atomic E-state index is 5.55. The molecule has 1 fully saturated rings. The molecule has 0 aliphatic carbocycles. The molecule has 1 unspecified atom stereocenters. The molecule has 1 aromatic heterocycles. The number of nitrogens with zero attached hydrogens (tertiary/aromatic N) is 1. The van der Waals surface area contributed by atoms with Crippen molar-refractivity contribution in [2.75, 3.05) is 5.75 Å². The zero-order valence-corrected chi connectivity index (χ0v) is 7.49. The molecule has 1 aliphatic rings. The van der Waals surface area contributed by atoms with Gasteiger partial charge in [-0.3, -0.25) is 0 Å². The van der Waals surface area contributed by atoms with E-state index in [9.17, 15) is 0 Å². The van der Waals surface area contributed by atoms with E-state index >= 15 is 0 Å². The molecule has 1 saturated heterocycles. The molecular formula is C7H8ClNOS. The first-order valence-electron chi connectivity index (χ1n) is 3.59. The predicted octanol–water partition coefficient (Wildman–Crippen LogP) is 2.90. The zero-order valence-electron chi connectivity index (χ0n) is 5.92. The van der Waals surface area contributed by atoms with Crippen molar-refractivity contribution in [1.29, 1.82) is 0 Å². The standard InChI is InChI=1S/C7H8ClNOS/c8-7-9-5(4-10-7)6-2-1-3-11-6/h4,6H,1-3H2. The van der Waals surface area contributed by atoms with Crippen molar-refractivity contribution in [3.8, 4) is 0 Å². The van der Waals surface area contributed by atoms with Crippen LogP contribution in [0.1, 0.15) is 23.8 Å². The van der Waals surface area contributed by atoms with Crippen LogP contribution in [0.15, 0.2) is 10.7 Å². The number of aromatic nitrogens is 1. The van der Waals surface area contributed by atoms with Crippen molar-refractivity contribution in [2.24, 2.45) is 0 Å². The normalized spacial score (nSPS) is 24.3.